The zero-order chi connectivity index (χ0) is 18.5. The maximum absolute atomic E-state index is 12.0. The molecule has 4 rings (SSSR count). The minimum absolute atomic E-state index is 0.250. The van der Waals surface area contributed by atoms with Crippen LogP contribution in [-0.2, 0) is 11.3 Å². The number of rotatable bonds is 8. The topological polar surface area (TPSA) is 41.6 Å². The van der Waals surface area contributed by atoms with E-state index in [1.165, 1.54) is 57.2 Å². The van der Waals surface area contributed by atoms with Gasteiger partial charge in [0, 0.05) is 19.5 Å². The number of carbonyl (C=O) groups excluding carboxylic acids is 1. The first-order valence-electron chi connectivity index (χ1n) is 11.0. The molecular formula is C23H34N2O2. The third kappa shape index (κ3) is 5.47. The molecule has 0 aromatic heterocycles. The van der Waals surface area contributed by atoms with Gasteiger partial charge < -0.3 is 10.1 Å². The Bertz CT molecular complexity index is 597. The fourth-order valence-electron chi connectivity index (χ4n) is 4.81. The molecule has 0 spiro atoms. The fraction of sp³-hybridized carbons (Fsp3) is 0.696. The van der Waals surface area contributed by atoms with E-state index in [4.69, 9.17) is 4.74 Å². The van der Waals surface area contributed by atoms with Gasteiger partial charge in [-0.25, -0.2) is 0 Å². The Labute approximate surface area is 163 Å². The number of ether oxygens (including phenoxy) is 1. The predicted molar refractivity (Wildman–Crippen MR) is 108 cm³/mol. The molecule has 1 amide bonds. The molecule has 1 heterocycles. The molecule has 0 radical (unpaired) electrons. The van der Waals surface area contributed by atoms with Gasteiger partial charge in [-0.1, -0.05) is 25.0 Å². The number of carbonyl (C=O) groups is 1. The molecule has 1 saturated heterocycles. The molecule has 3 aliphatic rings. The standard InChI is InChI=1S/C23H34N2O2/c26-23(15-18-5-1-2-6-18)24-16-20-13-22(14-20)27-21-9-7-19(8-10-21)17-25-11-3-4-12-25/h7-10,18,20,22H,1-6,11-17H2,(H,24,26). The van der Waals surface area contributed by atoms with Gasteiger partial charge >= 0.3 is 0 Å². The molecule has 4 heteroatoms. The second kappa shape index (κ2) is 9.09. The van der Waals surface area contributed by atoms with Crippen LogP contribution in [0.3, 0.4) is 0 Å². The van der Waals surface area contributed by atoms with Crippen LogP contribution in [0.1, 0.15) is 63.4 Å². The quantitative estimate of drug-likeness (QED) is 0.748. The van der Waals surface area contributed by atoms with Gasteiger partial charge in [-0.3, -0.25) is 9.69 Å². The molecule has 148 valence electrons. The van der Waals surface area contributed by atoms with Crippen LogP contribution in [0.4, 0.5) is 0 Å². The van der Waals surface area contributed by atoms with Crippen LogP contribution < -0.4 is 10.1 Å². The highest BCUT2D eigenvalue weighted by Gasteiger charge is 2.31. The SMILES string of the molecule is O=C(CC1CCCC1)NCC1CC(Oc2ccc(CN3CCCC3)cc2)C1. The highest BCUT2D eigenvalue weighted by Crippen LogP contribution is 2.31. The fourth-order valence-corrected chi connectivity index (χ4v) is 4.81. The average Bonchev–Trinajstić information content (AvgIpc) is 3.32. The highest BCUT2D eigenvalue weighted by molar-refractivity contribution is 5.76. The third-order valence-electron chi connectivity index (χ3n) is 6.56. The van der Waals surface area contributed by atoms with Gasteiger partial charge in [0.05, 0.1) is 6.10 Å². The number of nitrogens with one attached hydrogen (secondary N) is 1. The van der Waals surface area contributed by atoms with Crippen molar-refractivity contribution >= 4 is 5.91 Å². The molecule has 0 atom stereocenters. The first-order valence-corrected chi connectivity index (χ1v) is 11.0. The van der Waals surface area contributed by atoms with Crippen LogP contribution in [-0.4, -0.2) is 36.5 Å². The zero-order valence-corrected chi connectivity index (χ0v) is 16.5. The molecule has 0 unspecified atom stereocenters. The van der Waals surface area contributed by atoms with E-state index in [2.05, 4.69) is 34.5 Å². The lowest BCUT2D eigenvalue weighted by Gasteiger charge is -2.35. The summed E-state index contributed by atoms with van der Waals surface area (Å²) in [4.78, 5) is 14.5. The summed E-state index contributed by atoms with van der Waals surface area (Å²) in [7, 11) is 0. The second-order valence-electron chi connectivity index (χ2n) is 8.86. The Morgan fingerprint density at radius 1 is 1.00 bits per heavy atom. The first-order chi connectivity index (χ1) is 13.2. The third-order valence-corrected chi connectivity index (χ3v) is 6.56. The van der Waals surface area contributed by atoms with Gasteiger partial charge in [-0.15, -0.1) is 0 Å². The molecule has 1 aromatic carbocycles. The zero-order valence-electron chi connectivity index (χ0n) is 16.5. The normalized spacial score (nSPS) is 26.1. The molecule has 1 aromatic rings. The Morgan fingerprint density at radius 3 is 2.41 bits per heavy atom. The Balaban J connectivity index is 1.11. The summed E-state index contributed by atoms with van der Waals surface area (Å²) in [6.07, 6.45) is 10.9. The number of hydrogen-bond acceptors (Lipinski definition) is 3. The number of likely N-dealkylation sites (tertiary alicyclic amines) is 1. The number of amides is 1. The molecule has 2 saturated carbocycles. The van der Waals surface area contributed by atoms with Gasteiger partial charge in [0.2, 0.25) is 5.91 Å². The van der Waals surface area contributed by atoms with Crippen LogP contribution in [0.2, 0.25) is 0 Å². The maximum Gasteiger partial charge on any atom is 0.220 e. The van der Waals surface area contributed by atoms with Crippen molar-refractivity contribution in [1.29, 1.82) is 0 Å². The summed E-state index contributed by atoms with van der Waals surface area (Å²) >= 11 is 0. The van der Waals surface area contributed by atoms with E-state index in [-0.39, 0.29) is 5.91 Å². The molecule has 4 nitrogen and oxygen atoms in total. The summed E-state index contributed by atoms with van der Waals surface area (Å²) in [5.74, 6) is 2.45. The van der Waals surface area contributed by atoms with Crippen molar-refractivity contribution < 1.29 is 9.53 Å². The van der Waals surface area contributed by atoms with Crippen molar-refractivity contribution in [2.75, 3.05) is 19.6 Å². The monoisotopic (exact) mass is 370 g/mol. The van der Waals surface area contributed by atoms with Crippen molar-refractivity contribution in [2.24, 2.45) is 11.8 Å². The van der Waals surface area contributed by atoms with E-state index in [0.29, 0.717) is 17.9 Å². The maximum atomic E-state index is 12.0. The lowest BCUT2D eigenvalue weighted by atomic mass is 9.82. The van der Waals surface area contributed by atoms with E-state index in [9.17, 15) is 4.79 Å². The van der Waals surface area contributed by atoms with Gasteiger partial charge in [0.25, 0.3) is 0 Å². The summed E-state index contributed by atoms with van der Waals surface area (Å²) in [6.45, 7) is 4.35. The van der Waals surface area contributed by atoms with Crippen LogP contribution in [0, 0.1) is 11.8 Å². The Morgan fingerprint density at radius 2 is 1.70 bits per heavy atom. The van der Waals surface area contributed by atoms with Gasteiger partial charge in [-0.05, 0) is 81.1 Å². The number of hydrogen-bond donors (Lipinski definition) is 1. The van der Waals surface area contributed by atoms with Crippen LogP contribution in [0.5, 0.6) is 5.75 Å². The molecule has 1 N–H and O–H groups in total. The summed E-state index contributed by atoms with van der Waals surface area (Å²) in [5.41, 5.74) is 1.38. The lowest BCUT2D eigenvalue weighted by molar-refractivity contribution is -0.122. The van der Waals surface area contributed by atoms with E-state index >= 15 is 0 Å². The van der Waals surface area contributed by atoms with Crippen molar-refractivity contribution in [3.05, 3.63) is 29.8 Å². The van der Waals surface area contributed by atoms with E-state index < -0.39 is 0 Å². The van der Waals surface area contributed by atoms with Crippen LogP contribution in [0.25, 0.3) is 0 Å². The number of benzene rings is 1. The minimum atomic E-state index is 0.250. The highest BCUT2D eigenvalue weighted by atomic mass is 16.5. The first kappa shape index (κ1) is 18.8. The molecule has 3 fully saturated rings. The van der Waals surface area contributed by atoms with E-state index in [1.807, 2.05) is 0 Å². The number of nitrogens with zero attached hydrogens (tertiary/aromatic N) is 1. The summed E-state index contributed by atoms with van der Waals surface area (Å²) < 4.78 is 6.09. The predicted octanol–water partition coefficient (Wildman–Crippen LogP) is 4.14. The van der Waals surface area contributed by atoms with Crippen LogP contribution >= 0.6 is 0 Å². The second-order valence-corrected chi connectivity index (χ2v) is 8.86. The van der Waals surface area contributed by atoms with Crippen LogP contribution in [0.15, 0.2) is 24.3 Å². The van der Waals surface area contributed by atoms with Gasteiger partial charge in [0.15, 0.2) is 0 Å². The average molecular weight is 371 g/mol. The molecular weight excluding hydrogens is 336 g/mol. The molecule has 1 aliphatic heterocycles. The largest absolute Gasteiger partial charge is 0.490 e. The summed E-state index contributed by atoms with van der Waals surface area (Å²) in [6, 6.07) is 8.63. The van der Waals surface area contributed by atoms with Crippen molar-refractivity contribution in [1.82, 2.24) is 10.2 Å². The summed E-state index contributed by atoms with van der Waals surface area (Å²) in [5, 5.41) is 3.14. The van der Waals surface area contributed by atoms with Crippen molar-refractivity contribution in [3.63, 3.8) is 0 Å². The van der Waals surface area contributed by atoms with Gasteiger partial charge in [0.1, 0.15) is 5.75 Å². The Hall–Kier alpha value is -1.55. The van der Waals surface area contributed by atoms with Gasteiger partial charge in [-0.2, -0.15) is 0 Å². The molecule has 0 bridgehead atoms. The lowest BCUT2D eigenvalue weighted by Crippen LogP contribution is -2.41. The molecule has 2 aliphatic carbocycles. The minimum Gasteiger partial charge on any atom is -0.490 e. The van der Waals surface area contributed by atoms with Crippen molar-refractivity contribution in [3.8, 4) is 5.75 Å². The van der Waals surface area contributed by atoms with E-state index in [1.54, 1.807) is 0 Å². The smallest absolute Gasteiger partial charge is 0.220 e. The molecule has 27 heavy (non-hydrogen) atoms. The van der Waals surface area contributed by atoms with Crippen molar-refractivity contribution in [2.45, 2.75) is 70.4 Å². The Kier molecular flexibility index (Phi) is 6.33. The van der Waals surface area contributed by atoms with E-state index in [0.717, 1.165) is 38.1 Å².